The van der Waals surface area contributed by atoms with Crippen LogP contribution in [-0.2, 0) is 6.54 Å². The summed E-state index contributed by atoms with van der Waals surface area (Å²) in [5, 5.41) is 0.169. The van der Waals surface area contributed by atoms with E-state index in [4.69, 9.17) is 17.3 Å². The molecule has 0 atom stereocenters. The molecule has 1 nitrogen and oxygen atoms in total. The van der Waals surface area contributed by atoms with Crippen LogP contribution < -0.4 is 5.73 Å². The molecule has 2 aromatic rings. The lowest BCUT2D eigenvalue weighted by atomic mass is 10.0. The van der Waals surface area contributed by atoms with Crippen LogP contribution >= 0.6 is 11.6 Å². The van der Waals surface area contributed by atoms with Gasteiger partial charge in [0.1, 0.15) is 17.5 Å². The molecule has 0 aliphatic heterocycles. The van der Waals surface area contributed by atoms with Crippen molar-refractivity contribution in [1.82, 2.24) is 0 Å². The largest absolute Gasteiger partial charge is 0.326 e. The Labute approximate surface area is 107 Å². The lowest BCUT2D eigenvalue weighted by molar-refractivity contribution is 0.548. The molecule has 0 unspecified atom stereocenters. The summed E-state index contributed by atoms with van der Waals surface area (Å²) in [5.74, 6) is -2.95. The highest BCUT2D eigenvalue weighted by Crippen LogP contribution is 2.33. The van der Waals surface area contributed by atoms with Crippen molar-refractivity contribution >= 4 is 11.6 Å². The molecule has 2 N–H and O–H groups in total. The minimum Gasteiger partial charge on any atom is -0.326 e. The van der Waals surface area contributed by atoms with Crippen LogP contribution in [0.3, 0.4) is 0 Å². The number of nitrogens with two attached hydrogens (primary N) is 1. The normalized spacial score (nSPS) is 10.7. The van der Waals surface area contributed by atoms with E-state index in [-0.39, 0.29) is 22.7 Å². The third-order valence-corrected chi connectivity index (χ3v) is 2.86. The summed E-state index contributed by atoms with van der Waals surface area (Å²) >= 11 is 5.94. The number of halogens is 4. The summed E-state index contributed by atoms with van der Waals surface area (Å²) in [7, 11) is 0. The molecule has 0 heterocycles. The number of rotatable bonds is 2. The van der Waals surface area contributed by atoms with Crippen LogP contribution in [0.1, 0.15) is 5.56 Å². The van der Waals surface area contributed by atoms with Crippen LogP contribution in [0.25, 0.3) is 11.1 Å². The highest BCUT2D eigenvalue weighted by molar-refractivity contribution is 6.33. The van der Waals surface area contributed by atoms with E-state index in [1.54, 1.807) is 6.07 Å². The average molecular weight is 272 g/mol. The summed E-state index contributed by atoms with van der Waals surface area (Å²) in [6, 6.07) is 5.84. The zero-order chi connectivity index (χ0) is 13.3. The monoisotopic (exact) mass is 271 g/mol. The first-order chi connectivity index (χ1) is 8.52. The lowest BCUT2D eigenvalue weighted by Gasteiger charge is -2.09. The van der Waals surface area contributed by atoms with Gasteiger partial charge < -0.3 is 5.73 Å². The van der Waals surface area contributed by atoms with Crippen LogP contribution in [0.15, 0.2) is 30.3 Å². The molecule has 18 heavy (non-hydrogen) atoms. The summed E-state index contributed by atoms with van der Waals surface area (Å²) in [6.45, 7) is 0.272. The minimum absolute atomic E-state index is 0.169. The topological polar surface area (TPSA) is 26.0 Å². The van der Waals surface area contributed by atoms with Crippen LogP contribution in [0.2, 0.25) is 5.02 Å². The highest BCUT2D eigenvalue weighted by Gasteiger charge is 2.16. The zero-order valence-corrected chi connectivity index (χ0v) is 9.94. The fourth-order valence-corrected chi connectivity index (χ4v) is 1.99. The van der Waals surface area contributed by atoms with E-state index in [0.717, 1.165) is 5.56 Å². The van der Waals surface area contributed by atoms with Crippen LogP contribution in [-0.4, -0.2) is 0 Å². The molecule has 2 rings (SSSR count). The maximum absolute atomic E-state index is 13.6. The van der Waals surface area contributed by atoms with Gasteiger partial charge in [-0.2, -0.15) is 0 Å². The van der Waals surface area contributed by atoms with Crippen LogP contribution in [0, 0.1) is 17.5 Å². The van der Waals surface area contributed by atoms with Gasteiger partial charge in [0.05, 0.1) is 5.56 Å². The fraction of sp³-hybridized carbons (Fsp3) is 0.0769. The summed E-state index contributed by atoms with van der Waals surface area (Å²) in [4.78, 5) is 0. The Kier molecular flexibility index (Phi) is 3.59. The molecule has 94 valence electrons. The second-order valence-electron chi connectivity index (χ2n) is 3.76. The Hall–Kier alpha value is -1.52. The van der Waals surface area contributed by atoms with Gasteiger partial charge in [-0.1, -0.05) is 23.7 Å². The van der Waals surface area contributed by atoms with Gasteiger partial charge in [-0.25, -0.2) is 13.2 Å². The SMILES string of the molecule is NCc1ccc(-c2c(F)cc(F)cc2F)c(Cl)c1. The van der Waals surface area contributed by atoms with Crippen molar-refractivity contribution in [3.63, 3.8) is 0 Å². The molecule has 0 fully saturated rings. The molecule has 0 saturated carbocycles. The van der Waals surface area contributed by atoms with Crippen LogP contribution in [0.5, 0.6) is 0 Å². The van der Waals surface area contributed by atoms with Gasteiger partial charge in [-0.3, -0.25) is 0 Å². The van der Waals surface area contributed by atoms with Gasteiger partial charge in [0.25, 0.3) is 0 Å². The van der Waals surface area contributed by atoms with Gasteiger partial charge in [-0.15, -0.1) is 0 Å². The van der Waals surface area contributed by atoms with E-state index in [1.165, 1.54) is 12.1 Å². The first kappa shape index (κ1) is 12.9. The van der Waals surface area contributed by atoms with Gasteiger partial charge in [0.2, 0.25) is 0 Å². The van der Waals surface area contributed by atoms with Crippen molar-refractivity contribution in [2.45, 2.75) is 6.54 Å². The van der Waals surface area contributed by atoms with Crippen molar-refractivity contribution in [3.8, 4) is 11.1 Å². The average Bonchev–Trinajstić information content (AvgIpc) is 2.29. The minimum atomic E-state index is -0.991. The molecule has 0 saturated heterocycles. The highest BCUT2D eigenvalue weighted by atomic mass is 35.5. The molecule has 0 aromatic heterocycles. The molecule has 0 aliphatic carbocycles. The van der Waals surface area contributed by atoms with Gasteiger partial charge in [-0.05, 0) is 11.6 Å². The molecule has 0 aliphatic rings. The van der Waals surface area contributed by atoms with Crippen molar-refractivity contribution in [1.29, 1.82) is 0 Å². The predicted molar refractivity (Wildman–Crippen MR) is 64.7 cm³/mol. The molecule has 0 bridgehead atoms. The van der Waals surface area contributed by atoms with Crippen molar-refractivity contribution in [2.24, 2.45) is 5.73 Å². The van der Waals surface area contributed by atoms with Gasteiger partial charge >= 0.3 is 0 Å². The molecule has 5 heteroatoms. The van der Waals surface area contributed by atoms with E-state index in [2.05, 4.69) is 0 Å². The van der Waals surface area contributed by atoms with Crippen molar-refractivity contribution in [2.75, 3.05) is 0 Å². The Morgan fingerprint density at radius 1 is 1.00 bits per heavy atom. The Balaban J connectivity index is 2.62. The van der Waals surface area contributed by atoms with E-state index in [9.17, 15) is 13.2 Å². The summed E-state index contributed by atoms with van der Waals surface area (Å²) < 4.78 is 40.0. The maximum Gasteiger partial charge on any atom is 0.136 e. The Morgan fingerprint density at radius 3 is 2.11 bits per heavy atom. The Bertz CT molecular complexity index is 576. The van der Waals surface area contributed by atoms with E-state index < -0.39 is 17.5 Å². The quantitative estimate of drug-likeness (QED) is 0.881. The van der Waals surface area contributed by atoms with Gasteiger partial charge in [0, 0.05) is 29.3 Å². The molecular formula is C13H9ClF3N. The van der Waals surface area contributed by atoms with Gasteiger partial charge in [0.15, 0.2) is 0 Å². The summed E-state index contributed by atoms with van der Waals surface area (Å²) in [6.07, 6.45) is 0. The number of hydrogen-bond donors (Lipinski definition) is 1. The number of benzene rings is 2. The predicted octanol–water partition coefficient (Wildman–Crippen LogP) is 3.88. The molecule has 2 aromatic carbocycles. The second kappa shape index (κ2) is 5.00. The first-order valence-corrected chi connectivity index (χ1v) is 5.54. The van der Waals surface area contributed by atoms with Crippen molar-refractivity contribution in [3.05, 3.63) is 58.4 Å². The second-order valence-corrected chi connectivity index (χ2v) is 4.17. The van der Waals surface area contributed by atoms with Crippen LogP contribution in [0.4, 0.5) is 13.2 Å². The third kappa shape index (κ3) is 2.35. The maximum atomic E-state index is 13.6. The third-order valence-electron chi connectivity index (χ3n) is 2.55. The molecular weight excluding hydrogens is 263 g/mol. The summed E-state index contributed by atoms with van der Waals surface area (Å²) in [5.41, 5.74) is 6.00. The van der Waals surface area contributed by atoms with E-state index >= 15 is 0 Å². The lowest BCUT2D eigenvalue weighted by Crippen LogP contribution is -1.97. The van der Waals surface area contributed by atoms with E-state index in [0.29, 0.717) is 12.1 Å². The standard InChI is InChI=1S/C13H9ClF3N/c14-10-3-7(6-18)1-2-9(10)13-11(16)4-8(15)5-12(13)17/h1-5H,6,18H2. The molecule has 0 spiro atoms. The first-order valence-electron chi connectivity index (χ1n) is 5.16. The van der Waals surface area contributed by atoms with Crippen molar-refractivity contribution < 1.29 is 13.2 Å². The van der Waals surface area contributed by atoms with E-state index in [1.807, 2.05) is 0 Å². The Morgan fingerprint density at radius 2 is 1.61 bits per heavy atom. The molecule has 0 amide bonds. The zero-order valence-electron chi connectivity index (χ0n) is 9.18. The molecule has 0 radical (unpaired) electrons. The fourth-order valence-electron chi connectivity index (χ4n) is 1.69. The smallest absolute Gasteiger partial charge is 0.136 e. The number of hydrogen-bond acceptors (Lipinski definition) is 1.